The first-order valence-corrected chi connectivity index (χ1v) is 7.43. The van der Waals surface area contributed by atoms with E-state index < -0.39 is 17.6 Å². The van der Waals surface area contributed by atoms with Crippen LogP contribution in [0.1, 0.15) is 23.0 Å². The summed E-state index contributed by atoms with van der Waals surface area (Å²) >= 11 is 0. The van der Waals surface area contributed by atoms with Crippen LogP contribution < -0.4 is 14.8 Å². The summed E-state index contributed by atoms with van der Waals surface area (Å²) in [4.78, 5) is 19.6. The fourth-order valence-corrected chi connectivity index (χ4v) is 1.88. The average molecular weight is 355 g/mol. The molecule has 0 bridgehead atoms. The number of rotatable bonds is 7. The van der Waals surface area contributed by atoms with Crippen LogP contribution in [0.25, 0.3) is 0 Å². The van der Waals surface area contributed by atoms with Gasteiger partial charge < -0.3 is 14.8 Å². The molecule has 1 aromatic carbocycles. The number of halogens is 3. The average Bonchev–Trinajstić information content (AvgIpc) is 2.58. The number of carbonyl (C=O) groups is 1. The van der Waals surface area contributed by atoms with Crippen LogP contribution >= 0.6 is 0 Å². The minimum atomic E-state index is -4.43. The lowest BCUT2D eigenvalue weighted by atomic mass is 10.2. The summed E-state index contributed by atoms with van der Waals surface area (Å²) in [6.45, 7) is 2.30. The third-order valence-electron chi connectivity index (χ3n) is 2.98. The largest absolute Gasteiger partial charge is 0.492 e. The highest BCUT2D eigenvalue weighted by atomic mass is 19.4. The number of hydrogen-bond donors (Lipinski definition) is 1. The van der Waals surface area contributed by atoms with Crippen LogP contribution in [0.15, 0.2) is 36.7 Å². The number of nitrogens with zero attached hydrogens (tertiary/aromatic N) is 2. The highest BCUT2D eigenvalue weighted by Gasteiger charge is 2.30. The minimum absolute atomic E-state index is 0.0104. The van der Waals surface area contributed by atoms with Gasteiger partial charge in [-0.15, -0.1) is 0 Å². The Kier molecular flexibility index (Phi) is 6.15. The van der Waals surface area contributed by atoms with Crippen molar-refractivity contribution in [3.8, 4) is 11.6 Å². The highest BCUT2D eigenvalue weighted by Crippen LogP contribution is 2.31. The molecule has 1 heterocycles. The van der Waals surface area contributed by atoms with E-state index in [1.165, 1.54) is 24.5 Å². The molecule has 0 unspecified atom stereocenters. The van der Waals surface area contributed by atoms with Gasteiger partial charge in [0, 0.05) is 6.07 Å². The molecule has 0 atom stereocenters. The first-order valence-electron chi connectivity index (χ1n) is 7.43. The lowest BCUT2D eigenvalue weighted by molar-refractivity contribution is -0.137. The molecule has 25 heavy (non-hydrogen) atoms. The molecule has 0 spiro atoms. The molecule has 0 aliphatic heterocycles. The van der Waals surface area contributed by atoms with Crippen molar-refractivity contribution >= 4 is 5.91 Å². The zero-order chi connectivity index (χ0) is 18.3. The molecule has 0 saturated heterocycles. The minimum Gasteiger partial charge on any atom is -0.492 e. The molecule has 1 N–H and O–H groups in total. The Morgan fingerprint density at radius 2 is 2.00 bits per heavy atom. The summed E-state index contributed by atoms with van der Waals surface area (Å²) < 4.78 is 48.2. The topological polar surface area (TPSA) is 73.3 Å². The first-order chi connectivity index (χ1) is 11.9. The van der Waals surface area contributed by atoms with E-state index in [4.69, 9.17) is 9.47 Å². The molecule has 2 aromatic rings. The van der Waals surface area contributed by atoms with E-state index >= 15 is 0 Å². The van der Waals surface area contributed by atoms with Crippen molar-refractivity contribution in [2.24, 2.45) is 0 Å². The molecular formula is C16H16F3N3O3. The normalized spacial score (nSPS) is 11.0. The van der Waals surface area contributed by atoms with Crippen LogP contribution in [0.4, 0.5) is 13.2 Å². The second-order valence-electron chi connectivity index (χ2n) is 4.80. The molecule has 9 heteroatoms. The van der Waals surface area contributed by atoms with E-state index in [1.807, 2.05) is 0 Å². The van der Waals surface area contributed by atoms with E-state index in [0.717, 1.165) is 12.1 Å². The van der Waals surface area contributed by atoms with E-state index in [0.29, 0.717) is 6.61 Å². The SMILES string of the molecule is CCOc1cc(C(=O)NCCOc2cccc(C(F)(F)F)c2)ncn1. The fraction of sp³-hybridized carbons (Fsp3) is 0.312. The fourth-order valence-electron chi connectivity index (χ4n) is 1.88. The van der Waals surface area contributed by atoms with Crippen LogP contribution in [-0.4, -0.2) is 35.6 Å². The first kappa shape index (κ1) is 18.5. The maximum atomic E-state index is 12.6. The van der Waals surface area contributed by atoms with Gasteiger partial charge in [-0.3, -0.25) is 4.79 Å². The summed E-state index contributed by atoms with van der Waals surface area (Å²) in [5, 5.41) is 2.55. The van der Waals surface area contributed by atoms with E-state index in [-0.39, 0.29) is 30.5 Å². The number of aromatic nitrogens is 2. The van der Waals surface area contributed by atoms with E-state index in [2.05, 4.69) is 15.3 Å². The van der Waals surface area contributed by atoms with Gasteiger partial charge >= 0.3 is 6.18 Å². The van der Waals surface area contributed by atoms with Gasteiger partial charge in [0.05, 0.1) is 18.7 Å². The molecule has 0 aliphatic rings. The summed E-state index contributed by atoms with van der Waals surface area (Å²) in [6.07, 6.45) is -3.22. The Morgan fingerprint density at radius 1 is 1.20 bits per heavy atom. The maximum Gasteiger partial charge on any atom is 0.416 e. The van der Waals surface area contributed by atoms with Crippen molar-refractivity contribution in [3.05, 3.63) is 47.9 Å². The van der Waals surface area contributed by atoms with Gasteiger partial charge in [-0.1, -0.05) is 6.07 Å². The lowest BCUT2D eigenvalue weighted by Crippen LogP contribution is -2.28. The van der Waals surface area contributed by atoms with Gasteiger partial charge in [0.25, 0.3) is 5.91 Å². The Morgan fingerprint density at radius 3 is 2.72 bits per heavy atom. The van der Waals surface area contributed by atoms with Crippen LogP contribution in [0.2, 0.25) is 0 Å². The standard InChI is InChI=1S/C16H16F3N3O3/c1-2-24-14-9-13(21-10-22-14)15(23)20-6-7-25-12-5-3-4-11(8-12)16(17,18)19/h3-5,8-10H,2,6-7H2,1H3,(H,20,23). The van der Waals surface area contributed by atoms with Crippen LogP contribution in [-0.2, 0) is 6.18 Å². The number of amides is 1. The third kappa shape index (κ3) is 5.63. The second-order valence-corrected chi connectivity index (χ2v) is 4.80. The molecule has 0 saturated carbocycles. The number of benzene rings is 1. The Balaban J connectivity index is 1.83. The Bertz CT molecular complexity index is 723. The predicted octanol–water partition coefficient (Wildman–Crippen LogP) is 2.70. The van der Waals surface area contributed by atoms with Gasteiger partial charge in [0.2, 0.25) is 5.88 Å². The Hall–Kier alpha value is -2.84. The number of nitrogens with one attached hydrogen (secondary N) is 1. The van der Waals surface area contributed by atoms with Gasteiger partial charge in [0.1, 0.15) is 24.4 Å². The number of ether oxygens (including phenoxy) is 2. The number of hydrogen-bond acceptors (Lipinski definition) is 5. The van der Waals surface area contributed by atoms with Crippen LogP contribution in [0, 0.1) is 0 Å². The lowest BCUT2D eigenvalue weighted by Gasteiger charge is -2.10. The summed E-state index contributed by atoms with van der Waals surface area (Å²) in [5.41, 5.74) is -0.670. The summed E-state index contributed by atoms with van der Waals surface area (Å²) in [7, 11) is 0. The molecule has 1 aromatic heterocycles. The van der Waals surface area contributed by atoms with Crippen molar-refractivity contribution < 1.29 is 27.4 Å². The van der Waals surface area contributed by atoms with Gasteiger partial charge in [-0.2, -0.15) is 13.2 Å². The zero-order valence-electron chi connectivity index (χ0n) is 13.3. The van der Waals surface area contributed by atoms with Crippen LogP contribution in [0.5, 0.6) is 11.6 Å². The van der Waals surface area contributed by atoms with E-state index in [9.17, 15) is 18.0 Å². The quantitative estimate of drug-likeness (QED) is 0.773. The maximum absolute atomic E-state index is 12.6. The zero-order valence-corrected chi connectivity index (χ0v) is 13.3. The molecule has 0 aliphatic carbocycles. The molecule has 6 nitrogen and oxygen atoms in total. The predicted molar refractivity (Wildman–Crippen MR) is 82.5 cm³/mol. The number of alkyl halides is 3. The number of carbonyl (C=O) groups excluding carboxylic acids is 1. The monoisotopic (exact) mass is 355 g/mol. The highest BCUT2D eigenvalue weighted by molar-refractivity contribution is 5.92. The molecular weight excluding hydrogens is 339 g/mol. The van der Waals surface area contributed by atoms with Gasteiger partial charge in [-0.05, 0) is 25.1 Å². The molecule has 134 valence electrons. The second kappa shape index (κ2) is 8.32. The summed E-state index contributed by atoms with van der Waals surface area (Å²) in [5.74, 6) is -0.108. The molecule has 0 radical (unpaired) electrons. The van der Waals surface area contributed by atoms with Gasteiger partial charge in [0.15, 0.2) is 0 Å². The van der Waals surface area contributed by atoms with Crippen molar-refractivity contribution in [3.63, 3.8) is 0 Å². The van der Waals surface area contributed by atoms with E-state index in [1.54, 1.807) is 6.92 Å². The molecule has 0 fully saturated rings. The van der Waals surface area contributed by atoms with Crippen molar-refractivity contribution in [2.45, 2.75) is 13.1 Å². The smallest absolute Gasteiger partial charge is 0.416 e. The van der Waals surface area contributed by atoms with Gasteiger partial charge in [-0.25, -0.2) is 9.97 Å². The molecule has 2 rings (SSSR count). The van der Waals surface area contributed by atoms with Crippen molar-refractivity contribution in [1.29, 1.82) is 0 Å². The molecule has 1 amide bonds. The summed E-state index contributed by atoms with van der Waals surface area (Å²) in [6, 6.07) is 5.93. The van der Waals surface area contributed by atoms with Crippen molar-refractivity contribution in [1.82, 2.24) is 15.3 Å². The van der Waals surface area contributed by atoms with Crippen LogP contribution in [0.3, 0.4) is 0 Å². The van der Waals surface area contributed by atoms with Crippen molar-refractivity contribution in [2.75, 3.05) is 19.8 Å². The third-order valence-corrected chi connectivity index (χ3v) is 2.98. The Labute approximate surface area is 142 Å².